The summed E-state index contributed by atoms with van der Waals surface area (Å²) in [7, 11) is -3.39. The minimum atomic E-state index is -4.41. The van der Waals surface area contributed by atoms with E-state index in [4.69, 9.17) is 4.74 Å². The van der Waals surface area contributed by atoms with Crippen molar-refractivity contribution in [1.29, 1.82) is 0 Å². The summed E-state index contributed by atoms with van der Waals surface area (Å²) >= 11 is 0. The van der Waals surface area contributed by atoms with Crippen LogP contribution in [0.1, 0.15) is 32.9 Å². The van der Waals surface area contributed by atoms with Gasteiger partial charge >= 0.3 is 6.18 Å². The number of alkyl halides is 3. The van der Waals surface area contributed by atoms with E-state index in [1.807, 2.05) is 30.3 Å². The van der Waals surface area contributed by atoms with Crippen LogP contribution in [0.2, 0.25) is 0 Å². The van der Waals surface area contributed by atoms with E-state index < -0.39 is 28.3 Å². The fraction of sp³-hybridized carbons (Fsp3) is 0.233. The predicted octanol–water partition coefficient (Wildman–Crippen LogP) is 6.31. The van der Waals surface area contributed by atoms with Crippen molar-refractivity contribution in [3.8, 4) is 5.69 Å². The van der Waals surface area contributed by atoms with Crippen molar-refractivity contribution in [2.24, 2.45) is 0 Å². The summed E-state index contributed by atoms with van der Waals surface area (Å²) in [5.41, 5.74) is 3.18. The molecule has 0 radical (unpaired) electrons. The molecule has 6 nitrogen and oxygen atoms in total. The average molecular weight is 571 g/mol. The molecule has 0 saturated heterocycles. The molecule has 210 valence electrons. The number of nitrogens with zero attached hydrogens (tertiary/aromatic N) is 1. The highest BCUT2D eigenvalue weighted by atomic mass is 32.2. The SMILES string of the molecule is Cc1c(C(=O)Nc2ccc(S(C)(=O)=O)cc2)cc(CCOCc2ccccc2)n1-c1ccccc1CC(F)(F)F. The van der Waals surface area contributed by atoms with Crippen LogP contribution in [0.3, 0.4) is 0 Å². The van der Waals surface area contributed by atoms with Crippen LogP contribution in [0.25, 0.3) is 5.69 Å². The number of carbonyl (C=O) groups excluding carboxylic acids is 1. The minimum Gasteiger partial charge on any atom is -0.376 e. The lowest BCUT2D eigenvalue weighted by atomic mass is 10.1. The van der Waals surface area contributed by atoms with Crippen LogP contribution in [0, 0.1) is 6.92 Å². The Morgan fingerprint density at radius 2 is 1.60 bits per heavy atom. The Labute approximate surface area is 231 Å². The molecule has 0 saturated carbocycles. The Hall–Kier alpha value is -3.89. The highest BCUT2D eigenvalue weighted by molar-refractivity contribution is 7.90. The Bertz CT molecular complexity index is 1580. The number of sulfone groups is 1. The van der Waals surface area contributed by atoms with Gasteiger partial charge in [-0.05, 0) is 54.4 Å². The Balaban J connectivity index is 1.64. The second-order valence-corrected chi connectivity index (χ2v) is 11.4. The van der Waals surface area contributed by atoms with Gasteiger partial charge in [0.1, 0.15) is 0 Å². The number of anilines is 1. The average Bonchev–Trinajstić information content (AvgIpc) is 3.22. The number of hydrogen-bond donors (Lipinski definition) is 1. The number of benzene rings is 3. The molecule has 1 heterocycles. The zero-order chi connectivity index (χ0) is 28.9. The lowest BCUT2D eigenvalue weighted by Gasteiger charge is -2.17. The molecule has 4 aromatic rings. The first-order chi connectivity index (χ1) is 18.9. The molecule has 1 aromatic heterocycles. The maximum absolute atomic E-state index is 13.4. The van der Waals surface area contributed by atoms with E-state index in [0.29, 0.717) is 35.8 Å². The summed E-state index contributed by atoms with van der Waals surface area (Å²) in [6.45, 7) is 2.34. The van der Waals surface area contributed by atoms with Gasteiger partial charge in [0.05, 0.1) is 30.1 Å². The first kappa shape index (κ1) is 29.1. The fourth-order valence-corrected chi connectivity index (χ4v) is 5.07. The van der Waals surface area contributed by atoms with Gasteiger partial charge in [0.25, 0.3) is 5.91 Å². The molecule has 4 rings (SSSR count). The summed E-state index contributed by atoms with van der Waals surface area (Å²) in [5.74, 6) is -0.469. The Morgan fingerprint density at radius 1 is 0.950 bits per heavy atom. The van der Waals surface area contributed by atoms with Gasteiger partial charge in [-0.3, -0.25) is 4.79 Å². The summed E-state index contributed by atoms with van der Waals surface area (Å²) < 4.78 is 71.2. The van der Waals surface area contributed by atoms with E-state index >= 15 is 0 Å². The number of rotatable bonds is 10. The number of nitrogens with one attached hydrogen (secondary N) is 1. The van der Waals surface area contributed by atoms with Gasteiger partial charge in [-0.15, -0.1) is 0 Å². The normalized spacial score (nSPS) is 11.9. The molecule has 0 unspecified atom stereocenters. The Morgan fingerprint density at radius 3 is 2.25 bits per heavy atom. The predicted molar refractivity (Wildman–Crippen MR) is 148 cm³/mol. The zero-order valence-corrected chi connectivity index (χ0v) is 22.9. The highest BCUT2D eigenvalue weighted by Crippen LogP contribution is 2.30. The van der Waals surface area contributed by atoms with Gasteiger partial charge in [0.15, 0.2) is 9.84 Å². The van der Waals surface area contributed by atoms with E-state index in [1.54, 1.807) is 35.8 Å². The second-order valence-electron chi connectivity index (χ2n) is 9.43. The van der Waals surface area contributed by atoms with Crippen molar-refractivity contribution >= 4 is 21.4 Å². The van der Waals surface area contributed by atoms with E-state index in [-0.39, 0.29) is 22.6 Å². The Kier molecular flexibility index (Phi) is 8.80. The van der Waals surface area contributed by atoms with Crippen LogP contribution in [0.15, 0.2) is 89.8 Å². The molecule has 3 aromatic carbocycles. The van der Waals surface area contributed by atoms with Crippen molar-refractivity contribution in [1.82, 2.24) is 4.57 Å². The smallest absolute Gasteiger partial charge is 0.376 e. The zero-order valence-electron chi connectivity index (χ0n) is 22.0. The van der Waals surface area contributed by atoms with Gasteiger partial charge in [-0.25, -0.2) is 8.42 Å². The van der Waals surface area contributed by atoms with Gasteiger partial charge in [-0.1, -0.05) is 48.5 Å². The van der Waals surface area contributed by atoms with E-state index in [9.17, 15) is 26.4 Å². The number of carbonyl (C=O) groups is 1. The summed E-state index contributed by atoms with van der Waals surface area (Å²) in [5, 5.41) is 2.75. The first-order valence-corrected chi connectivity index (χ1v) is 14.4. The molecule has 1 amide bonds. The van der Waals surface area contributed by atoms with Crippen LogP contribution in [-0.4, -0.2) is 37.9 Å². The number of para-hydroxylation sites is 1. The molecule has 10 heteroatoms. The van der Waals surface area contributed by atoms with Crippen LogP contribution < -0.4 is 5.32 Å². The quantitative estimate of drug-likeness (QED) is 0.227. The first-order valence-electron chi connectivity index (χ1n) is 12.5. The molecule has 0 aliphatic heterocycles. The molecular formula is C30H29F3N2O4S. The van der Waals surface area contributed by atoms with E-state index in [2.05, 4.69) is 5.32 Å². The van der Waals surface area contributed by atoms with Gasteiger partial charge < -0.3 is 14.6 Å². The van der Waals surface area contributed by atoms with Gasteiger partial charge in [0, 0.05) is 35.4 Å². The number of ether oxygens (including phenoxy) is 1. The molecule has 40 heavy (non-hydrogen) atoms. The third-order valence-corrected chi connectivity index (χ3v) is 7.47. The standard InChI is InChI=1S/C30H29F3N2O4S/c1-21-27(29(36)34-24-12-14-26(15-13-24)40(2,37)38)18-25(16-17-39-20-22-8-4-3-5-9-22)35(21)28-11-7-6-10-23(28)19-30(31,32)33/h3-15,18H,16-17,19-20H2,1-2H3,(H,34,36). The van der Waals surface area contributed by atoms with E-state index in [1.165, 1.54) is 30.3 Å². The number of amides is 1. The number of halogens is 3. The number of hydrogen-bond acceptors (Lipinski definition) is 4. The summed E-state index contributed by atoms with van der Waals surface area (Å²) in [6, 6.07) is 23.3. The minimum absolute atomic E-state index is 0.0866. The third-order valence-electron chi connectivity index (χ3n) is 6.35. The van der Waals surface area contributed by atoms with Crippen LogP contribution in [0.5, 0.6) is 0 Å². The monoisotopic (exact) mass is 570 g/mol. The van der Waals surface area contributed by atoms with Gasteiger partial charge in [0.2, 0.25) is 0 Å². The lowest BCUT2D eigenvalue weighted by Crippen LogP contribution is -2.16. The van der Waals surface area contributed by atoms with Crippen LogP contribution >= 0.6 is 0 Å². The maximum atomic E-state index is 13.4. The van der Waals surface area contributed by atoms with Crippen molar-refractivity contribution in [2.45, 2.75) is 37.4 Å². The van der Waals surface area contributed by atoms with Crippen LogP contribution in [-0.2, 0) is 34.0 Å². The molecule has 0 aliphatic carbocycles. The second kappa shape index (κ2) is 12.1. The van der Waals surface area contributed by atoms with Crippen LogP contribution in [0.4, 0.5) is 18.9 Å². The lowest BCUT2D eigenvalue weighted by molar-refractivity contribution is -0.127. The summed E-state index contributed by atoms with van der Waals surface area (Å²) in [4.78, 5) is 13.4. The fourth-order valence-electron chi connectivity index (χ4n) is 4.44. The molecule has 1 N–H and O–H groups in total. The highest BCUT2D eigenvalue weighted by Gasteiger charge is 2.30. The molecule has 0 bridgehead atoms. The van der Waals surface area contributed by atoms with E-state index in [0.717, 1.165) is 11.8 Å². The third kappa shape index (κ3) is 7.40. The topological polar surface area (TPSA) is 77.4 Å². The summed E-state index contributed by atoms with van der Waals surface area (Å²) in [6.07, 6.45) is -4.08. The van der Waals surface area contributed by atoms with Crippen molar-refractivity contribution in [3.63, 3.8) is 0 Å². The van der Waals surface area contributed by atoms with Crippen molar-refractivity contribution in [3.05, 3.63) is 113 Å². The molecule has 0 spiro atoms. The molecule has 0 aliphatic rings. The van der Waals surface area contributed by atoms with Crippen molar-refractivity contribution < 1.29 is 31.1 Å². The van der Waals surface area contributed by atoms with Crippen molar-refractivity contribution in [2.75, 3.05) is 18.2 Å². The molecular weight excluding hydrogens is 541 g/mol. The molecule has 0 fully saturated rings. The molecule has 0 atom stereocenters. The number of aromatic nitrogens is 1. The maximum Gasteiger partial charge on any atom is 0.393 e. The van der Waals surface area contributed by atoms with Gasteiger partial charge in [-0.2, -0.15) is 13.2 Å². The largest absolute Gasteiger partial charge is 0.393 e.